The molecule has 0 spiro atoms. The SMILES string of the molecule is Cc1cnc(NCc2nnn(CCCNCCCNC3CCCCC3)n2)nc1NC1CCN(C(=O)CCNCC(=O)O)CC1. The maximum atomic E-state index is 12.4. The maximum absolute atomic E-state index is 12.4. The van der Waals surface area contributed by atoms with Crippen molar-refractivity contribution in [2.45, 2.75) is 96.3 Å². The third-order valence-corrected chi connectivity index (χ3v) is 8.13. The number of tetrazole rings is 1. The van der Waals surface area contributed by atoms with Gasteiger partial charge in [0.15, 0.2) is 5.82 Å². The van der Waals surface area contributed by atoms with E-state index in [1.807, 2.05) is 11.8 Å². The van der Waals surface area contributed by atoms with E-state index in [0.717, 1.165) is 62.7 Å². The molecule has 0 bridgehead atoms. The van der Waals surface area contributed by atoms with Crippen molar-refractivity contribution >= 4 is 23.6 Å². The van der Waals surface area contributed by atoms with Gasteiger partial charge in [-0.3, -0.25) is 9.59 Å². The summed E-state index contributed by atoms with van der Waals surface area (Å²) in [4.78, 5) is 35.5. The minimum absolute atomic E-state index is 0.0428. The van der Waals surface area contributed by atoms with E-state index in [2.05, 4.69) is 52.0 Å². The van der Waals surface area contributed by atoms with Gasteiger partial charge in [-0.1, -0.05) is 19.3 Å². The molecule has 2 aromatic rings. The van der Waals surface area contributed by atoms with Crippen LogP contribution in [0.1, 0.15) is 75.6 Å². The largest absolute Gasteiger partial charge is 0.480 e. The summed E-state index contributed by atoms with van der Waals surface area (Å²) in [7, 11) is 0. The monoisotopic (exact) mass is 614 g/mol. The first-order chi connectivity index (χ1) is 21.5. The molecule has 44 heavy (non-hydrogen) atoms. The number of aliphatic carboxylic acids is 1. The average Bonchev–Trinajstić information content (AvgIpc) is 3.49. The zero-order valence-corrected chi connectivity index (χ0v) is 26.1. The number of nitrogens with one attached hydrogen (secondary N) is 5. The number of carbonyl (C=O) groups excluding carboxylic acids is 1. The molecule has 1 aliphatic heterocycles. The maximum Gasteiger partial charge on any atom is 0.317 e. The first kappa shape index (κ1) is 33.5. The molecule has 0 aromatic carbocycles. The van der Waals surface area contributed by atoms with Crippen molar-refractivity contribution < 1.29 is 14.7 Å². The van der Waals surface area contributed by atoms with Crippen LogP contribution in [-0.2, 0) is 22.7 Å². The molecule has 15 nitrogen and oxygen atoms in total. The molecular weight excluding hydrogens is 564 g/mol. The Bertz CT molecular complexity index is 1150. The third kappa shape index (κ3) is 11.9. The van der Waals surface area contributed by atoms with Crippen LogP contribution in [0.4, 0.5) is 11.8 Å². The molecule has 2 aromatic heterocycles. The lowest BCUT2D eigenvalue weighted by Crippen LogP contribution is -2.43. The van der Waals surface area contributed by atoms with Crippen molar-refractivity contribution in [3.8, 4) is 0 Å². The quantitative estimate of drug-likeness (QED) is 0.124. The number of hydrogen-bond donors (Lipinski definition) is 6. The molecule has 1 amide bonds. The molecule has 1 saturated heterocycles. The van der Waals surface area contributed by atoms with E-state index in [1.165, 1.54) is 32.1 Å². The average molecular weight is 615 g/mol. The second kappa shape index (κ2) is 18.4. The number of carbonyl (C=O) groups is 2. The molecule has 1 saturated carbocycles. The molecule has 244 valence electrons. The number of hydrogen-bond acceptors (Lipinski definition) is 12. The molecule has 6 N–H and O–H groups in total. The topological polar surface area (TPSA) is 187 Å². The standard InChI is InChI=1S/C29H50N12O3/c1-22-19-33-29(36-28(22)35-24-10-17-40(18-11-24)26(42)9-15-31-21-27(43)44)34-20-25-37-39-41(38-25)16-6-13-30-12-5-14-32-23-7-3-2-4-8-23/h19,23-24,30-32H,2-18,20-21H2,1H3,(H,43,44)(H2,33,34,35,36). The van der Waals surface area contributed by atoms with Gasteiger partial charge < -0.3 is 36.6 Å². The van der Waals surface area contributed by atoms with Crippen LogP contribution in [0, 0.1) is 6.92 Å². The van der Waals surface area contributed by atoms with Crippen LogP contribution < -0.4 is 26.6 Å². The van der Waals surface area contributed by atoms with E-state index in [1.54, 1.807) is 11.0 Å². The van der Waals surface area contributed by atoms with Gasteiger partial charge in [0.05, 0.1) is 19.6 Å². The summed E-state index contributed by atoms with van der Waals surface area (Å²) in [5.41, 5.74) is 0.941. The first-order valence-electron chi connectivity index (χ1n) is 16.2. The summed E-state index contributed by atoms with van der Waals surface area (Å²) in [5.74, 6) is 0.948. The highest BCUT2D eigenvalue weighted by Gasteiger charge is 2.23. The highest BCUT2D eigenvalue weighted by molar-refractivity contribution is 5.76. The van der Waals surface area contributed by atoms with Gasteiger partial charge in [-0.25, -0.2) is 4.98 Å². The van der Waals surface area contributed by atoms with E-state index in [9.17, 15) is 9.59 Å². The van der Waals surface area contributed by atoms with E-state index in [0.29, 0.717) is 50.9 Å². The summed E-state index contributed by atoms with van der Waals surface area (Å²) >= 11 is 0. The molecule has 2 fully saturated rings. The van der Waals surface area contributed by atoms with Gasteiger partial charge in [-0.15, -0.1) is 10.2 Å². The Morgan fingerprint density at radius 1 is 0.977 bits per heavy atom. The number of likely N-dealkylation sites (tertiary alicyclic amines) is 1. The van der Waals surface area contributed by atoms with Gasteiger partial charge in [0.25, 0.3) is 0 Å². The Morgan fingerprint density at radius 2 is 1.77 bits per heavy atom. The molecule has 0 radical (unpaired) electrons. The Morgan fingerprint density at radius 3 is 2.57 bits per heavy atom. The minimum atomic E-state index is -0.926. The number of rotatable bonds is 19. The summed E-state index contributed by atoms with van der Waals surface area (Å²) in [6.07, 6.45) is 12.6. The molecular formula is C29H50N12O3. The van der Waals surface area contributed by atoms with Crippen LogP contribution in [0.15, 0.2) is 6.20 Å². The molecule has 0 atom stereocenters. The van der Waals surface area contributed by atoms with Gasteiger partial charge in [0.1, 0.15) is 5.82 Å². The number of carboxylic acids is 1. The fourth-order valence-corrected chi connectivity index (χ4v) is 5.59. The van der Waals surface area contributed by atoms with E-state index < -0.39 is 5.97 Å². The molecule has 2 aliphatic rings. The zero-order chi connectivity index (χ0) is 31.0. The van der Waals surface area contributed by atoms with Crippen LogP contribution in [0.25, 0.3) is 0 Å². The Balaban J connectivity index is 1.09. The van der Waals surface area contributed by atoms with Crippen molar-refractivity contribution in [1.82, 2.24) is 51.0 Å². The smallest absolute Gasteiger partial charge is 0.317 e. The van der Waals surface area contributed by atoms with Crippen LogP contribution in [0.3, 0.4) is 0 Å². The van der Waals surface area contributed by atoms with Gasteiger partial charge in [0, 0.05) is 49.9 Å². The summed E-state index contributed by atoms with van der Waals surface area (Å²) in [5, 5.41) is 38.1. The number of anilines is 2. The van der Waals surface area contributed by atoms with Gasteiger partial charge in [-0.05, 0) is 70.3 Å². The fraction of sp³-hybridized carbons (Fsp3) is 0.759. The predicted molar refractivity (Wildman–Crippen MR) is 167 cm³/mol. The van der Waals surface area contributed by atoms with Crippen molar-refractivity contribution in [2.75, 3.05) is 56.4 Å². The van der Waals surface area contributed by atoms with E-state index in [-0.39, 0.29) is 18.5 Å². The molecule has 0 unspecified atom stereocenters. The highest BCUT2D eigenvalue weighted by atomic mass is 16.4. The van der Waals surface area contributed by atoms with Crippen molar-refractivity contribution in [3.05, 3.63) is 17.6 Å². The highest BCUT2D eigenvalue weighted by Crippen LogP contribution is 2.20. The lowest BCUT2D eigenvalue weighted by molar-refractivity contribution is -0.136. The van der Waals surface area contributed by atoms with Crippen molar-refractivity contribution in [1.29, 1.82) is 0 Å². The Kier molecular flexibility index (Phi) is 14.0. The second-order valence-corrected chi connectivity index (χ2v) is 11.7. The van der Waals surface area contributed by atoms with Crippen LogP contribution >= 0.6 is 0 Å². The van der Waals surface area contributed by atoms with Crippen molar-refractivity contribution in [2.24, 2.45) is 0 Å². The number of carboxylic acid groups (broad SMARTS) is 1. The predicted octanol–water partition coefficient (Wildman–Crippen LogP) is 1.14. The van der Waals surface area contributed by atoms with E-state index >= 15 is 0 Å². The number of piperidine rings is 1. The number of nitrogens with zero attached hydrogens (tertiary/aromatic N) is 7. The first-order valence-corrected chi connectivity index (χ1v) is 16.2. The zero-order valence-electron chi connectivity index (χ0n) is 26.1. The second-order valence-electron chi connectivity index (χ2n) is 11.7. The van der Waals surface area contributed by atoms with E-state index in [4.69, 9.17) is 5.11 Å². The number of aromatic nitrogens is 6. The molecule has 15 heteroatoms. The van der Waals surface area contributed by atoms with Gasteiger partial charge in [-0.2, -0.15) is 9.78 Å². The summed E-state index contributed by atoms with van der Waals surface area (Å²) in [6.45, 7) is 7.60. The Labute approximate surface area is 259 Å². The number of aryl methyl sites for hydroxylation is 2. The fourth-order valence-electron chi connectivity index (χ4n) is 5.59. The minimum Gasteiger partial charge on any atom is -0.480 e. The molecule has 1 aliphatic carbocycles. The van der Waals surface area contributed by atoms with Crippen LogP contribution in [0.2, 0.25) is 0 Å². The lowest BCUT2D eigenvalue weighted by Gasteiger charge is -2.33. The number of amides is 1. The summed E-state index contributed by atoms with van der Waals surface area (Å²) in [6, 6.07) is 0.921. The molecule has 3 heterocycles. The third-order valence-electron chi connectivity index (χ3n) is 8.13. The van der Waals surface area contributed by atoms with Gasteiger partial charge >= 0.3 is 5.97 Å². The normalized spacial score (nSPS) is 16.2. The van der Waals surface area contributed by atoms with Crippen LogP contribution in [0.5, 0.6) is 0 Å². The van der Waals surface area contributed by atoms with Crippen LogP contribution in [-0.4, -0.2) is 110 Å². The Hall–Kier alpha value is -3.43. The summed E-state index contributed by atoms with van der Waals surface area (Å²) < 4.78 is 0. The van der Waals surface area contributed by atoms with Gasteiger partial charge in [0.2, 0.25) is 11.9 Å². The molecule has 4 rings (SSSR count). The van der Waals surface area contributed by atoms with Crippen molar-refractivity contribution in [3.63, 3.8) is 0 Å². The lowest BCUT2D eigenvalue weighted by atomic mass is 9.95.